The smallest absolute Gasteiger partial charge is 0.307 e. The normalized spacial score (nSPS) is 10.7. The Morgan fingerprint density at radius 1 is 1.09 bits per heavy atom. The van der Waals surface area contributed by atoms with Crippen molar-refractivity contribution < 1.29 is 15.0 Å². The van der Waals surface area contributed by atoms with Gasteiger partial charge in [0.15, 0.2) is 0 Å². The zero-order valence-corrected chi connectivity index (χ0v) is 12.1. The second-order valence-corrected chi connectivity index (χ2v) is 4.93. The molecule has 0 bridgehead atoms. The summed E-state index contributed by atoms with van der Waals surface area (Å²) >= 11 is 0. The number of nitrogens with zero attached hydrogens (tertiary/aromatic N) is 4. The average molecular weight is 310 g/mol. The van der Waals surface area contributed by atoms with Crippen LogP contribution in [0.2, 0.25) is 0 Å². The highest BCUT2D eigenvalue weighted by Gasteiger charge is 2.15. The van der Waals surface area contributed by atoms with Crippen LogP contribution in [0.3, 0.4) is 0 Å². The maximum absolute atomic E-state index is 10.7. The summed E-state index contributed by atoms with van der Waals surface area (Å²) in [5.74, 6) is -0.876. The zero-order chi connectivity index (χ0) is 16.2. The molecule has 0 fully saturated rings. The molecular formula is C16H14N4O3. The van der Waals surface area contributed by atoms with Crippen molar-refractivity contribution in [2.24, 2.45) is 0 Å². The Morgan fingerprint density at radius 3 is 2.39 bits per heavy atom. The van der Waals surface area contributed by atoms with E-state index in [1.807, 2.05) is 12.1 Å². The van der Waals surface area contributed by atoms with Crippen LogP contribution in [0.1, 0.15) is 11.3 Å². The average Bonchev–Trinajstić information content (AvgIpc) is 3.00. The van der Waals surface area contributed by atoms with Crippen LogP contribution in [-0.2, 0) is 17.8 Å². The predicted octanol–water partition coefficient (Wildman–Crippen LogP) is 1.45. The van der Waals surface area contributed by atoms with Gasteiger partial charge in [0.1, 0.15) is 11.4 Å². The minimum atomic E-state index is -0.876. The van der Waals surface area contributed by atoms with E-state index >= 15 is 0 Å². The standard InChI is InChI=1S/C16H14N4O3/c21-10-14-16(12-5-7-17-8-6-12)20(19-18-14)13-3-1-11(2-4-13)9-15(22)23/h1-8,21H,9-10H2,(H,22,23). The van der Waals surface area contributed by atoms with Crippen molar-refractivity contribution in [3.63, 3.8) is 0 Å². The number of carbonyl (C=O) groups is 1. The quantitative estimate of drug-likeness (QED) is 0.739. The number of rotatable bonds is 5. The van der Waals surface area contributed by atoms with Gasteiger partial charge in [0, 0.05) is 18.0 Å². The molecule has 7 nitrogen and oxygen atoms in total. The van der Waals surface area contributed by atoms with Gasteiger partial charge in [-0.2, -0.15) is 0 Å². The van der Waals surface area contributed by atoms with Gasteiger partial charge in [-0.1, -0.05) is 17.3 Å². The Morgan fingerprint density at radius 2 is 1.78 bits per heavy atom. The number of hydrogen-bond donors (Lipinski definition) is 2. The van der Waals surface area contributed by atoms with Crippen LogP contribution in [0.4, 0.5) is 0 Å². The number of aliphatic carboxylic acids is 1. The second kappa shape index (κ2) is 6.37. The summed E-state index contributed by atoms with van der Waals surface area (Å²) < 4.78 is 1.62. The number of carboxylic acid groups (broad SMARTS) is 1. The number of benzene rings is 1. The van der Waals surface area contributed by atoms with E-state index in [0.29, 0.717) is 17.0 Å². The topological polar surface area (TPSA) is 101 Å². The molecule has 0 aliphatic heterocycles. The lowest BCUT2D eigenvalue weighted by Crippen LogP contribution is -2.03. The highest BCUT2D eigenvalue weighted by molar-refractivity contribution is 5.70. The largest absolute Gasteiger partial charge is 0.481 e. The summed E-state index contributed by atoms with van der Waals surface area (Å²) in [5, 5.41) is 26.4. The molecule has 0 unspecified atom stereocenters. The highest BCUT2D eigenvalue weighted by Crippen LogP contribution is 2.25. The molecule has 23 heavy (non-hydrogen) atoms. The van der Waals surface area contributed by atoms with E-state index in [1.165, 1.54) is 0 Å². The lowest BCUT2D eigenvalue weighted by atomic mass is 10.1. The number of hydrogen-bond acceptors (Lipinski definition) is 5. The molecule has 116 valence electrons. The molecule has 0 spiro atoms. The van der Waals surface area contributed by atoms with Crippen molar-refractivity contribution in [1.82, 2.24) is 20.0 Å². The van der Waals surface area contributed by atoms with E-state index in [2.05, 4.69) is 15.3 Å². The van der Waals surface area contributed by atoms with Crippen LogP contribution in [0.25, 0.3) is 16.9 Å². The summed E-state index contributed by atoms with van der Waals surface area (Å²) in [6.45, 7) is -0.227. The van der Waals surface area contributed by atoms with Gasteiger partial charge in [-0.3, -0.25) is 9.78 Å². The summed E-state index contributed by atoms with van der Waals surface area (Å²) in [7, 11) is 0. The van der Waals surface area contributed by atoms with Crippen LogP contribution < -0.4 is 0 Å². The van der Waals surface area contributed by atoms with Gasteiger partial charge < -0.3 is 10.2 Å². The Kier molecular flexibility index (Phi) is 4.11. The fraction of sp³-hybridized carbons (Fsp3) is 0.125. The SMILES string of the molecule is O=C(O)Cc1ccc(-n2nnc(CO)c2-c2ccncc2)cc1. The minimum Gasteiger partial charge on any atom is -0.481 e. The van der Waals surface area contributed by atoms with Gasteiger partial charge in [0.05, 0.1) is 18.7 Å². The predicted molar refractivity (Wildman–Crippen MR) is 81.9 cm³/mol. The molecule has 0 saturated heterocycles. The first-order valence-corrected chi connectivity index (χ1v) is 6.96. The molecule has 0 radical (unpaired) electrons. The van der Waals surface area contributed by atoms with Crippen molar-refractivity contribution in [2.45, 2.75) is 13.0 Å². The van der Waals surface area contributed by atoms with E-state index in [0.717, 1.165) is 11.3 Å². The summed E-state index contributed by atoms with van der Waals surface area (Å²) in [5.41, 5.74) is 3.42. The van der Waals surface area contributed by atoms with E-state index in [1.54, 1.807) is 41.3 Å². The summed E-state index contributed by atoms with van der Waals surface area (Å²) in [6.07, 6.45) is 3.28. The van der Waals surface area contributed by atoms with Crippen LogP contribution in [0, 0.1) is 0 Å². The lowest BCUT2D eigenvalue weighted by molar-refractivity contribution is -0.136. The molecule has 3 aromatic rings. The van der Waals surface area contributed by atoms with Gasteiger partial charge >= 0.3 is 5.97 Å². The van der Waals surface area contributed by atoms with Crippen LogP contribution in [-0.4, -0.2) is 36.2 Å². The fourth-order valence-electron chi connectivity index (χ4n) is 2.33. The lowest BCUT2D eigenvalue weighted by Gasteiger charge is -2.08. The molecular weight excluding hydrogens is 296 g/mol. The molecule has 0 aliphatic carbocycles. The van der Waals surface area contributed by atoms with Crippen molar-refractivity contribution in [3.8, 4) is 16.9 Å². The second-order valence-electron chi connectivity index (χ2n) is 4.93. The van der Waals surface area contributed by atoms with E-state index in [4.69, 9.17) is 5.11 Å². The Balaban J connectivity index is 2.03. The van der Waals surface area contributed by atoms with Crippen LogP contribution >= 0.6 is 0 Å². The van der Waals surface area contributed by atoms with Crippen molar-refractivity contribution in [3.05, 3.63) is 60.0 Å². The first kappa shape index (κ1) is 14.9. The molecule has 0 atom stereocenters. The van der Waals surface area contributed by atoms with Gasteiger partial charge in [-0.05, 0) is 29.8 Å². The molecule has 7 heteroatoms. The summed E-state index contributed by atoms with van der Waals surface area (Å²) in [6, 6.07) is 10.7. The number of aliphatic hydroxyl groups is 1. The molecule has 3 rings (SSSR count). The molecule has 2 heterocycles. The number of carboxylic acids is 1. The number of aromatic nitrogens is 4. The third kappa shape index (κ3) is 3.09. The third-order valence-electron chi connectivity index (χ3n) is 3.38. The first-order chi connectivity index (χ1) is 11.2. The van der Waals surface area contributed by atoms with Crippen LogP contribution in [0.5, 0.6) is 0 Å². The highest BCUT2D eigenvalue weighted by atomic mass is 16.4. The van der Waals surface area contributed by atoms with Crippen molar-refractivity contribution in [1.29, 1.82) is 0 Å². The van der Waals surface area contributed by atoms with E-state index < -0.39 is 5.97 Å². The van der Waals surface area contributed by atoms with Gasteiger partial charge in [0.2, 0.25) is 0 Å². The van der Waals surface area contributed by atoms with Crippen molar-refractivity contribution in [2.75, 3.05) is 0 Å². The monoisotopic (exact) mass is 310 g/mol. The Labute approximate surface area is 131 Å². The minimum absolute atomic E-state index is 0.0310. The molecule has 0 aliphatic rings. The molecule has 0 amide bonds. The molecule has 2 N–H and O–H groups in total. The number of pyridine rings is 1. The zero-order valence-electron chi connectivity index (χ0n) is 12.1. The van der Waals surface area contributed by atoms with E-state index in [-0.39, 0.29) is 13.0 Å². The van der Waals surface area contributed by atoms with Gasteiger partial charge in [-0.25, -0.2) is 4.68 Å². The third-order valence-corrected chi connectivity index (χ3v) is 3.38. The molecule has 2 aromatic heterocycles. The first-order valence-electron chi connectivity index (χ1n) is 6.96. The van der Waals surface area contributed by atoms with Gasteiger partial charge in [0.25, 0.3) is 0 Å². The Bertz CT molecular complexity index is 813. The van der Waals surface area contributed by atoms with Crippen molar-refractivity contribution >= 4 is 5.97 Å². The molecule has 1 aromatic carbocycles. The summed E-state index contributed by atoms with van der Waals surface area (Å²) in [4.78, 5) is 14.7. The Hall–Kier alpha value is -3.06. The van der Waals surface area contributed by atoms with Gasteiger partial charge in [-0.15, -0.1) is 5.10 Å². The van der Waals surface area contributed by atoms with E-state index in [9.17, 15) is 9.90 Å². The maximum atomic E-state index is 10.7. The van der Waals surface area contributed by atoms with Crippen LogP contribution in [0.15, 0.2) is 48.8 Å². The molecule has 0 saturated carbocycles. The number of aliphatic hydroxyl groups excluding tert-OH is 1. The fourth-order valence-corrected chi connectivity index (χ4v) is 2.33. The maximum Gasteiger partial charge on any atom is 0.307 e.